The van der Waals surface area contributed by atoms with Crippen molar-refractivity contribution in [1.82, 2.24) is 0 Å². The molecule has 0 aromatic carbocycles. The van der Waals surface area contributed by atoms with E-state index in [0.29, 0.717) is 18.3 Å². The summed E-state index contributed by atoms with van der Waals surface area (Å²) in [6, 6.07) is 0. The van der Waals surface area contributed by atoms with Crippen LogP contribution >= 0.6 is 0 Å². The van der Waals surface area contributed by atoms with Crippen LogP contribution in [0.5, 0.6) is 0 Å². The fourth-order valence-electron chi connectivity index (χ4n) is 0.725. The molecule has 15 heavy (non-hydrogen) atoms. The molecule has 0 saturated carbocycles. The van der Waals surface area contributed by atoms with Crippen LogP contribution in [0.3, 0.4) is 0 Å². The molecule has 0 amide bonds. The van der Waals surface area contributed by atoms with Gasteiger partial charge in [0.15, 0.2) is 0 Å². The van der Waals surface area contributed by atoms with Crippen LogP contribution in [-0.4, -0.2) is 21.3 Å². The molecule has 0 spiro atoms. The summed E-state index contributed by atoms with van der Waals surface area (Å²) in [7, 11) is -1.43. The Hall–Kier alpha value is -0.703. The molecule has 0 fully saturated rings. The summed E-state index contributed by atoms with van der Waals surface area (Å²) in [6.07, 6.45) is 5.85. The fraction of sp³-hybridized carbons (Fsp3) is 0.692. The second-order valence-corrected chi connectivity index (χ2v) is 10.2. The highest BCUT2D eigenvalue weighted by Gasteiger charge is 2.33. The Morgan fingerprint density at radius 2 is 1.87 bits per heavy atom. The minimum Gasteiger partial charge on any atom is -0.368 e. The predicted octanol–water partition coefficient (Wildman–Crippen LogP) is 3.08. The van der Waals surface area contributed by atoms with E-state index >= 15 is 0 Å². The predicted molar refractivity (Wildman–Crippen MR) is 69.2 cm³/mol. The first-order valence-corrected chi connectivity index (χ1v) is 8.32. The van der Waals surface area contributed by atoms with Crippen molar-refractivity contribution in [2.75, 3.05) is 13.2 Å². The fourth-order valence-corrected chi connectivity index (χ4v) is 1.67. The van der Waals surface area contributed by atoms with Crippen molar-refractivity contribution >= 4 is 8.07 Å². The first kappa shape index (κ1) is 14.3. The molecule has 0 rings (SSSR count). The molecule has 2 heteroatoms. The Morgan fingerprint density at radius 3 is 2.33 bits per heavy atom. The monoisotopic (exact) mass is 222 g/mol. The molecule has 0 radical (unpaired) electrons. The molecule has 0 aliphatic heterocycles. The molecule has 0 bridgehead atoms. The van der Waals surface area contributed by atoms with E-state index in [1.54, 1.807) is 0 Å². The molecule has 0 unspecified atom stereocenters. The lowest BCUT2D eigenvalue weighted by molar-refractivity contribution is 0.174. The number of terminal acetylenes is 1. The maximum atomic E-state index is 5.16. The molecular formula is C13H22OSi. The Morgan fingerprint density at radius 1 is 1.27 bits per heavy atom. The largest absolute Gasteiger partial charge is 0.368 e. The van der Waals surface area contributed by atoms with Crippen LogP contribution in [0.25, 0.3) is 0 Å². The highest BCUT2D eigenvalue weighted by molar-refractivity contribution is 6.87. The van der Waals surface area contributed by atoms with E-state index in [0.717, 1.165) is 6.42 Å². The van der Waals surface area contributed by atoms with Gasteiger partial charge < -0.3 is 4.74 Å². The van der Waals surface area contributed by atoms with Gasteiger partial charge in [-0.15, -0.1) is 17.9 Å². The second kappa shape index (κ2) is 6.01. The lowest BCUT2D eigenvalue weighted by atomic mass is 10.2. The zero-order valence-electron chi connectivity index (χ0n) is 10.6. The Labute approximate surface area is 95.6 Å². The van der Waals surface area contributed by atoms with E-state index in [9.17, 15) is 0 Å². The summed E-state index contributed by atoms with van der Waals surface area (Å²) in [5, 5.41) is 0.333. The number of ether oxygens (including phenoxy) is 1. The topological polar surface area (TPSA) is 9.23 Å². The maximum absolute atomic E-state index is 5.16. The lowest BCUT2D eigenvalue weighted by Gasteiger charge is -2.31. The molecule has 0 aliphatic rings. The summed E-state index contributed by atoms with van der Waals surface area (Å²) < 4.78 is 5.16. The summed E-state index contributed by atoms with van der Waals surface area (Å²) in [5.41, 5.74) is 3.43. The van der Waals surface area contributed by atoms with E-state index in [1.165, 1.54) is 0 Å². The van der Waals surface area contributed by atoms with Gasteiger partial charge in [-0.2, -0.15) is 0 Å². The molecule has 0 aromatic rings. The third-order valence-electron chi connectivity index (χ3n) is 2.83. The van der Waals surface area contributed by atoms with Gasteiger partial charge >= 0.3 is 0 Å². The highest BCUT2D eigenvalue weighted by Crippen LogP contribution is 2.35. The van der Waals surface area contributed by atoms with Gasteiger partial charge in [0.2, 0.25) is 0 Å². The van der Waals surface area contributed by atoms with Crippen LogP contribution in [0.1, 0.15) is 27.2 Å². The number of hydrogen-bond donors (Lipinski definition) is 0. The van der Waals surface area contributed by atoms with E-state index in [-0.39, 0.29) is 0 Å². The number of rotatable bonds is 3. The quantitative estimate of drug-likeness (QED) is 0.405. The van der Waals surface area contributed by atoms with Crippen molar-refractivity contribution in [3.63, 3.8) is 0 Å². The normalized spacial score (nSPS) is 11.5. The van der Waals surface area contributed by atoms with Crippen molar-refractivity contribution in [1.29, 1.82) is 0 Å². The smallest absolute Gasteiger partial charge is 0.137 e. The average Bonchev–Trinajstić information content (AvgIpc) is 2.09. The third kappa shape index (κ3) is 5.67. The summed E-state index contributed by atoms with van der Waals surface area (Å²) >= 11 is 0. The van der Waals surface area contributed by atoms with Crippen LogP contribution in [0.15, 0.2) is 0 Å². The lowest BCUT2D eigenvalue weighted by Crippen LogP contribution is -2.35. The van der Waals surface area contributed by atoms with Crippen LogP contribution in [0, 0.1) is 23.8 Å². The summed E-state index contributed by atoms with van der Waals surface area (Å²) in [4.78, 5) is 0. The van der Waals surface area contributed by atoms with Crippen LogP contribution < -0.4 is 0 Å². The summed E-state index contributed by atoms with van der Waals surface area (Å²) in [5.74, 6) is 5.65. The standard InChI is InChI=1S/C13H22OSi/c1-7-10-14-11-8-9-12-15(5,6)13(2,3)4/h1H,8,10-11H2,2-6H3. The maximum Gasteiger partial charge on any atom is 0.137 e. The van der Waals surface area contributed by atoms with Crippen molar-refractivity contribution in [3.8, 4) is 23.8 Å². The van der Waals surface area contributed by atoms with Crippen LogP contribution in [0.4, 0.5) is 0 Å². The minimum atomic E-state index is -1.43. The molecule has 0 heterocycles. The van der Waals surface area contributed by atoms with Gasteiger partial charge in [-0.25, -0.2) is 0 Å². The molecular weight excluding hydrogens is 200 g/mol. The average molecular weight is 222 g/mol. The molecule has 0 aromatic heterocycles. The molecule has 1 nitrogen and oxygen atoms in total. The van der Waals surface area contributed by atoms with Crippen molar-refractivity contribution in [3.05, 3.63) is 0 Å². The Bertz CT molecular complexity index is 280. The van der Waals surface area contributed by atoms with E-state index in [4.69, 9.17) is 11.2 Å². The van der Waals surface area contributed by atoms with Gasteiger partial charge in [-0.05, 0) is 5.04 Å². The van der Waals surface area contributed by atoms with Crippen molar-refractivity contribution in [2.45, 2.75) is 45.3 Å². The molecule has 0 saturated heterocycles. The van der Waals surface area contributed by atoms with E-state index in [2.05, 4.69) is 51.2 Å². The zero-order valence-corrected chi connectivity index (χ0v) is 11.6. The van der Waals surface area contributed by atoms with Crippen LogP contribution in [0.2, 0.25) is 18.1 Å². The zero-order chi connectivity index (χ0) is 11.9. The highest BCUT2D eigenvalue weighted by atomic mass is 28.3. The Balaban J connectivity index is 4.02. The van der Waals surface area contributed by atoms with Crippen LogP contribution in [-0.2, 0) is 4.74 Å². The van der Waals surface area contributed by atoms with Gasteiger partial charge in [0, 0.05) is 6.42 Å². The molecule has 84 valence electrons. The summed E-state index contributed by atoms with van der Waals surface area (Å²) in [6.45, 7) is 12.5. The third-order valence-corrected chi connectivity index (χ3v) is 7.38. The first-order chi connectivity index (χ1) is 6.81. The molecule has 0 atom stereocenters. The van der Waals surface area contributed by atoms with Gasteiger partial charge in [0.25, 0.3) is 0 Å². The van der Waals surface area contributed by atoms with Crippen molar-refractivity contribution in [2.24, 2.45) is 0 Å². The molecule has 0 aliphatic carbocycles. The first-order valence-electron chi connectivity index (χ1n) is 5.32. The molecule has 0 N–H and O–H groups in total. The van der Waals surface area contributed by atoms with E-state index < -0.39 is 8.07 Å². The van der Waals surface area contributed by atoms with Gasteiger partial charge in [-0.1, -0.05) is 39.8 Å². The second-order valence-electron chi connectivity index (χ2n) is 5.18. The Kier molecular flexibility index (Phi) is 5.72. The van der Waals surface area contributed by atoms with Gasteiger partial charge in [0.1, 0.15) is 14.7 Å². The van der Waals surface area contributed by atoms with Gasteiger partial charge in [-0.3, -0.25) is 0 Å². The number of hydrogen-bond acceptors (Lipinski definition) is 1. The SMILES string of the molecule is C#CCOCCC#C[Si](C)(C)C(C)(C)C. The van der Waals surface area contributed by atoms with Crippen molar-refractivity contribution < 1.29 is 4.74 Å². The van der Waals surface area contributed by atoms with E-state index in [1.807, 2.05) is 0 Å². The minimum absolute atomic E-state index is 0.333. The van der Waals surface area contributed by atoms with Gasteiger partial charge in [0.05, 0.1) is 6.61 Å².